The second-order valence-corrected chi connectivity index (χ2v) is 3.76. The molecule has 2 unspecified atom stereocenters. The molecule has 1 aromatic heterocycles. The highest BCUT2D eigenvalue weighted by atomic mass is 19.1. The zero-order chi connectivity index (χ0) is 10.7. The van der Waals surface area contributed by atoms with Crippen molar-refractivity contribution in [2.24, 2.45) is 0 Å². The van der Waals surface area contributed by atoms with Crippen LogP contribution >= 0.6 is 0 Å². The van der Waals surface area contributed by atoms with E-state index in [1.807, 2.05) is 18.0 Å². The number of halogens is 1. The van der Waals surface area contributed by atoms with Gasteiger partial charge in [-0.1, -0.05) is 0 Å². The highest BCUT2D eigenvalue weighted by molar-refractivity contribution is 5.40. The molecule has 1 saturated heterocycles. The van der Waals surface area contributed by atoms with Crippen molar-refractivity contribution in [3.05, 3.63) is 18.6 Å². The summed E-state index contributed by atoms with van der Waals surface area (Å²) in [5, 5.41) is 3.08. The van der Waals surface area contributed by atoms with Crippen LogP contribution in [-0.4, -0.2) is 42.3 Å². The van der Waals surface area contributed by atoms with Crippen LogP contribution in [0.2, 0.25) is 0 Å². The number of likely N-dealkylation sites (N-methyl/N-ethyl adjacent to an activating group) is 1. The molecule has 1 N–H and O–H groups in total. The molecule has 0 spiro atoms. The van der Waals surface area contributed by atoms with Crippen LogP contribution in [0.3, 0.4) is 0 Å². The monoisotopic (exact) mass is 210 g/mol. The van der Waals surface area contributed by atoms with Crippen LogP contribution in [0, 0.1) is 0 Å². The van der Waals surface area contributed by atoms with Crippen LogP contribution in [0.4, 0.5) is 10.2 Å². The smallest absolute Gasteiger partial charge is 0.132 e. The Kier molecular flexibility index (Phi) is 3.11. The van der Waals surface area contributed by atoms with E-state index in [4.69, 9.17) is 0 Å². The number of alkyl halides is 1. The summed E-state index contributed by atoms with van der Waals surface area (Å²) in [6.45, 7) is 1.22. The third kappa shape index (κ3) is 2.23. The van der Waals surface area contributed by atoms with Crippen LogP contribution in [0.1, 0.15) is 6.42 Å². The Morgan fingerprint density at radius 2 is 2.53 bits per heavy atom. The number of nitrogens with one attached hydrogen (secondary N) is 1. The van der Waals surface area contributed by atoms with Gasteiger partial charge in [0.05, 0.1) is 6.54 Å². The average molecular weight is 210 g/mol. The van der Waals surface area contributed by atoms with Crippen molar-refractivity contribution in [1.82, 2.24) is 15.3 Å². The molecule has 1 aliphatic heterocycles. The lowest BCUT2D eigenvalue weighted by Crippen LogP contribution is -2.37. The third-order valence-electron chi connectivity index (χ3n) is 2.66. The van der Waals surface area contributed by atoms with Gasteiger partial charge in [0.1, 0.15) is 18.3 Å². The number of anilines is 1. The fourth-order valence-corrected chi connectivity index (χ4v) is 2.02. The molecule has 2 heterocycles. The van der Waals surface area contributed by atoms with E-state index in [-0.39, 0.29) is 6.04 Å². The first kappa shape index (κ1) is 10.3. The Bertz CT molecular complexity index is 306. The molecule has 0 aliphatic carbocycles. The third-order valence-corrected chi connectivity index (χ3v) is 2.66. The zero-order valence-corrected chi connectivity index (χ0v) is 8.73. The fourth-order valence-electron chi connectivity index (χ4n) is 2.02. The standard InChI is InChI=1S/C10H15FN4/c1-12-5-9-4-8(11)6-15(9)10-2-3-13-7-14-10/h2-3,7-9,12H,4-6H2,1H3. The molecule has 82 valence electrons. The lowest BCUT2D eigenvalue weighted by atomic mass is 10.2. The van der Waals surface area contributed by atoms with Crippen molar-refractivity contribution >= 4 is 5.82 Å². The summed E-state index contributed by atoms with van der Waals surface area (Å²) in [6, 6.07) is 2.01. The van der Waals surface area contributed by atoms with E-state index in [0.29, 0.717) is 13.0 Å². The minimum absolute atomic E-state index is 0.194. The summed E-state index contributed by atoms with van der Waals surface area (Å²) in [5.41, 5.74) is 0. The largest absolute Gasteiger partial charge is 0.349 e. The second kappa shape index (κ2) is 4.53. The topological polar surface area (TPSA) is 41.0 Å². The molecule has 2 atom stereocenters. The normalized spacial score (nSPS) is 25.9. The number of hydrogen-bond acceptors (Lipinski definition) is 4. The predicted octanol–water partition coefficient (Wildman–Crippen LogP) is 0.613. The van der Waals surface area contributed by atoms with Gasteiger partial charge >= 0.3 is 0 Å². The summed E-state index contributed by atoms with van der Waals surface area (Å²) in [7, 11) is 1.88. The SMILES string of the molecule is CNCC1CC(F)CN1c1ccncn1. The molecular formula is C10H15FN4. The first-order chi connectivity index (χ1) is 7.31. The number of nitrogens with zero attached hydrogens (tertiary/aromatic N) is 3. The van der Waals surface area contributed by atoms with Crippen LogP contribution in [-0.2, 0) is 0 Å². The van der Waals surface area contributed by atoms with Gasteiger partial charge in [0.15, 0.2) is 0 Å². The Morgan fingerprint density at radius 3 is 3.20 bits per heavy atom. The van der Waals surface area contributed by atoms with E-state index in [1.165, 1.54) is 6.33 Å². The summed E-state index contributed by atoms with van der Waals surface area (Å²) in [4.78, 5) is 10.0. The Balaban J connectivity index is 2.13. The highest BCUT2D eigenvalue weighted by Crippen LogP contribution is 2.24. The zero-order valence-electron chi connectivity index (χ0n) is 8.73. The van der Waals surface area contributed by atoms with E-state index in [1.54, 1.807) is 6.20 Å². The summed E-state index contributed by atoms with van der Waals surface area (Å²) < 4.78 is 13.3. The molecule has 5 heteroatoms. The van der Waals surface area contributed by atoms with Crippen molar-refractivity contribution in [3.8, 4) is 0 Å². The van der Waals surface area contributed by atoms with Gasteiger partial charge in [0, 0.05) is 25.2 Å². The molecule has 1 aliphatic rings. The van der Waals surface area contributed by atoms with E-state index in [9.17, 15) is 4.39 Å². The summed E-state index contributed by atoms with van der Waals surface area (Å²) in [5.74, 6) is 0.811. The molecule has 0 bridgehead atoms. The van der Waals surface area contributed by atoms with Gasteiger partial charge in [-0.15, -0.1) is 0 Å². The molecule has 15 heavy (non-hydrogen) atoms. The molecule has 0 aromatic carbocycles. The van der Waals surface area contributed by atoms with Gasteiger partial charge in [-0.3, -0.25) is 0 Å². The highest BCUT2D eigenvalue weighted by Gasteiger charge is 2.32. The van der Waals surface area contributed by atoms with Crippen LogP contribution in [0.5, 0.6) is 0 Å². The molecule has 1 fully saturated rings. The number of aromatic nitrogens is 2. The first-order valence-corrected chi connectivity index (χ1v) is 5.12. The predicted molar refractivity (Wildman–Crippen MR) is 56.6 cm³/mol. The lowest BCUT2D eigenvalue weighted by molar-refractivity contribution is 0.355. The minimum Gasteiger partial charge on any atom is -0.349 e. The lowest BCUT2D eigenvalue weighted by Gasteiger charge is -2.24. The number of hydrogen-bond donors (Lipinski definition) is 1. The van der Waals surface area contributed by atoms with Crippen molar-refractivity contribution < 1.29 is 4.39 Å². The van der Waals surface area contributed by atoms with Gasteiger partial charge in [0.2, 0.25) is 0 Å². The Morgan fingerprint density at radius 1 is 1.67 bits per heavy atom. The van der Waals surface area contributed by atoms with Gasteiger partial charge in [-0.05, 0) is 13.1 Å². The summed E-state index contributed by atoms with van der Waals surface area (Å²) in [6.07, 6.45) is 3.00. The van der Waals surface area contributed by atoms with Crippen LogP contribution in [0.15, 0.2) is 18.6 Å². The van der Waals surface area contributed by atoms with Gasteiger partial charge in [-0.25, -0.2) is 14.4 Å². The minimum atomic E-state index is -0.752. The molecule has 1 aromatic rings. The second-order valence-electron chi connectivity index (χ2n) is 3.76. The molecule has 0 saturated carbocycles. The Hall–Kier alpha value is -1.23. The quantitative estimate of drug-likeness (QED) is 0.793. The van der Waals surface area contributed by atoms with Crippen molar-refractivity contribution in [3.63, 3.8) is 0 Å². The molecule has 0 amide bonds. The van der Waals surface area contributed by atoms with Gasteiger partial charge in [0.25, 0.3) is 0 Å². The van der Waals surface area contributed by atoms with E-state index in [0.717, 1.165) is 12.4 Å². The average Bonchev–Trinajstić information content (AvgIpc) is 2.62. The first-order valence-electron chi connectivity index (χ1n) is 5.12. The van der Waals surface area contributed by atoms with Crippen LogP contribution < -0.4 is 10.2 Å². The molecule has 2 rings (SSSR count). The Labute approximate surface area is 88.5 Å². The van der Waals surface area contributed by atoms with E-state index < -0.39 is 6.17 Å². The van der Waals surface area contributed by atoms with Crippen molar-refractivity contribution in [2.45, 2.75) is 18.6 Å². The molecular weight excluding hydrogens is 195 g/mol. The number of rotatable bonds is 3. The maximum atomic E-state index is 13.3. The van der Waals surface area contributed by atoms with E-state index in [2.05, 4.69) is 15.3 Å². The van der Waals surface area contributed by atoms with Crippen LogP contribution in [0.25, 0.3) is 0 Å². The van der Waals surface area contributed by atoms with Gasteiger partial charge in [-0.2, -0.15) is 0 Å². The van der Waals surface area contributed by atoms with Crippen molar-refractivity contribution in [1.29, 1.82) is 0 Å². The summed E-state index contributed by atoms with van der Waals surface area (Å²) >= 11 is 0. The molecule has 4 nitrogen and oxygen atoms in total. The maximum Gasteiger partial charge on any atom is 0.132 e. The van der Waals surface area contributed by atoms with Crippen molar-refractivity contribution in [2.75, 3.05) is 25.0 Å². The van der Waals surface area contributed by atoms with E-state index >= 15 is 0 Å². The maximum absolute atomic E-state index is 13.3. The van der Waals surface area contributed by atoms with Gasteiger partial charge < -0.3 is 10.2 Å². The fraction of sp³-hybridized carbons (Fsp3) is 0.600. The molecule has 0 radical (unpaired) electrons.